The molecule has 1 aliphatic heterocycles. The van der Waals surface area contributed by atoms with Gasteiger partial charge in [0.05, 0.1) is 13.7 Å². The number of rotatable bonds is 8. The Labute approximate surface area is 173 Å². The van der Waals surface area contributed by atoms with Crippen LogP contribution in [0.3, 0.4) is 0 Å². The van der Waals surface area contributed by atoms with Crippen LogP contribution in [0.4, 0.5) is 0 Å². The first-order valence-corrected chi connectivity index (χ1v) is 10.2. The minimum atomic E-state index is 0.210. The third-order valence-corrected chi connectivity index (χ3v) is 4.95. The molecule has 1 heterocycles. The molecule has 2 N–H and O–H groups in total. The Hall–Kier alpha value is -3.02. The fraction of sp³-hybridized carbons (Fsp3) is 0.391. The van der Waals surface area contributed by atoms with Crippen molar-refractivity contribution in [2.24, 2.45) is 4.99 Å². The van der Waals surface area contributed by atoms with Crippen molar-refractivity contribution in [1.82, 2.24) is 15.5 Å². The summed E-state index contributed by atoms with van der Waals surface area (Å²) in [5.74, 6) is 1.80. The zero-order valence-electron chi connectivity index (χ0n) is 17.3. The molecule has 0 saturated carbocycles. The largest absolute Gasteiger partial charge is 0.497 e. The van der Waals surface area contributed by atoms with Crippen LogP contribution in [-0.2, 0) is 24.4 Å². The summed E-state index contributed by atoms with van der Waals surface area (Å²) in [6.07, 6.45) is 1.31. The summed E-state index contributed by atoms with van der Waals surface area (Å²) < 4.78 is 5.26. The maximum Gasteiger partial charge on any atom is 0.223 e. The number of amides is 1. The highest BCUT2D eigenvalue weighted by molar-refractivity contribution is 5.80. The highest BCUT2D eigenvalue weighted by Gasteiger charge is 2.22. The molecule has 3 rings (SSSR count). The van der Waals surface area contributed by atoms with E-state index in [0.29, 0.717) is 19.5 Å². The van der Waals surface area contributed by atoms with Gasteiger partial charge in [-0.25, -0.2) is 4.99 Å². The van der Waals surface area contributed by atoms with Crippen molar-refractivity contribution < 1.29 is 9.53 Å². The van der Waals surface area contributed by atoms with Crippen molar-refractivity contribution in [2.75, 3.05) is 20.2 Å². The van der Waals surface area contributed by atoms with E-state index in [0.717, 1.165) is 43.3 Å². The second-order valence-electron chi connectivity index (χ2n) is 7.10. The number of hydrogen-bond acceptors (Lipinski definition) is 3. The van der Waals surface area contributed by atoms with E-state index in [-0.39, 0.29) is 5.91 Å². The Kier molecular flexibility index (Phi) is 7.50. The molecule has 0 aromatic heterocycles. The summed E-state index contributed by atoms with van der Waals surface area (Å²) in [6, 6.07) is 16.2. The molecule has 1 aliphatic rings. The maximum absolute atomic E-state index is 12.5. The van der Waals surface area contributed by atoms with Gasteiger partial charge in [0.1, 0.15) is 5.75 Å². The molecule has 0 saturated heterocycles. The lowest BCUT2D eigenvalue weighted by Gasteiger charge is -2.16. The molecule has 0 bridgehead atoms. The van der Waals surface area contributed by atoms with Gasteiger partial charge in [-0.15, -0.1) is 0 Å². The summed E-state index contributed by atoms with van der Waals surface area (Å²) in [5.41, 5.74) is 3.61. The number of hydrogen-bond donors (Lipinski definition) is 2. The van der Waals surface area contributed by atoms with E-state index in [1.165, 1.54) is 11.1 Å². The minimum absolute atomic E-state index is 0.210. The van der Waals surface area contributed by atoms with Gasteiger partial charge in [-0.2, -0.15) is 0 Å². The number of guanidine groups is 1. The quantitative estimate of drug-likeness (QED) is 0.410. The highest BCUT2D eigenvalue weighted by Crippen LogP contribution is 2.22. The number of benzene rings is 2. The van der Waals surface area contributed by atoms with E-state index in [4.69, 9.17) is 4.74 Å². The van der Waals surface area contributed by atoms with Crippen molar-refractivity contribution in [2.45, 2.75) is 39.4 Å². The highest BCUT2D eigenvalue weighted by atomic mass is 16.5. The number of methoxy groups -OCH3 is 1. The predicted octanol–water partition coefficient (Wildman–Crippen LogP) is 3.07. The summed E-state index contributed by atoms with van der Waals surface area (Å²) >= 11 is 0. The van der Waals surface area contributed by atoms with Crippen LogP contribution in [0.5, 0.6) is 5.75 Å². The maximum atomic E-state index is 12.5. The first-order chi connectivity index (χ1) is 14.2. The van der Waals surface area contributed by atoms with E-state index >= 15 is 0 Å². The predicted molar refractivity (Wildman–Crippen MR) is 116 cm³/mol. The number of carbonyl (C=O) groups is 1. The van der Waals surface area contributed by atoms with Gasteiger partial charge in [0.25, 0.3) is 0 Å². The third kappa shape index (κ3) is 5.98. The van der Waals surface area contributed by atoms with Gasteiger partial charge in [0.15, 0.2) is 5.96 Å². The van der Waals surface area contributed by atoms with Gasteiger partial charge in [-0.3, -0.25) is 4.79 Å². The van der Waals surface area contributed by atoms with Crippen LogP contribution >= 0.6 is 0 Å². The molecular formula is C23H30N4O2. The van der Waals surface area contributed by atoms with Crippen LogP contribution in [0.25, 0.3) is 0 Å². The fourth-order valence-corrected chi connectivity index (χ4v) is 3.40. The number of fused-ring (bicyclic) bond motifs is 1. The number of nitrogens with one attached hydrogen (secondary N) is 2. The Morgan fingerprint density at radius 1 is 1.10 bits per heavy atom. The van der Waals surface area contributed by atoms with Gasteiger partial charge in [-0.05, 0) is 42.2 Å². The second-order valence-corrected chi connectivity index (χ2v) is 7.10. The lowest BCUT2D eigenvalue weighted by atomic mass is 10.1. The molecule has 0 spiro atoms. The second kappa shape index (κ2) is 10.5. The number of ether oxygens (including phenoxy) is 1. The smallest absolute Gasteiger partial charge is 0.223 e. The van der Waals surface area contributed by atoms with Crippen molar-refractivity contribution in [3.63, 3.8) is 0 Å². The molecule has 0 radical (unpaired) electrons. The average Bonchev–Trinajstić information content (AvgIpc) is 3.19. The van der Waals surface area contributed by atoms with Crippen molar-refractivity contribution in [1.29, 1.82) is 0 Å². The topological polar surface area (TPSA) is 66.0 Å². The molecule has 29 heavy (non-hydrogen) atoms. The normalized spacial score (nSPS) is 13.2. The number of aliphatic imine (C=N–C) groups is 1. The van der Waals surface area contributed by atoms with Crippen LogP contribution in [0.15, 0.2) is 53.5 Å². The molecule has 0 unspecified atom stereocenters. The summed E-state index contributed by atoms with van der Waals surface area (Å²) in [5, 5.41) is 6.57. The summed E-state index contributed by atoms with van der Waals surface area (Å²) in [7, 11) is 1.66. The third-order valence-electron chi connectivity index (χ3n) is 4.95. The van der Waals surface area contributed by atoms with Gasteiger partial charge in [0.2, 0.25) is 5.91 Å². The van der Waals surface area contributed by atoms with E-state index in [2.05, 4.69) is 27.8 Å². The number of carbonyl (C=O) groups excluding carboxylic acids is 1. The Bertz CT molecular complexity index is 825. The van der Waals surface area contributed by atoms with Gasteiger partial charge in [-0.1, -0.05) is 36.4 Å². The zero-order chi connectivity index (χ0) is 20.5. The number of nitrogens with zero attached hydrogens (tertiary/aromatic N) is 2. The average molecular weight is 395 g/mol. The molecule has 2 aromatic carbocycles. The van der Waals surface area contributed by atoms with E-state index in [9.17, 15) is 4.79 Å². The van der Waals surface area contributed by atoms with E-state index < -0.39 is 0 Å². The standard InChI is InChI=1S/C23H30N4O2/c1-3-24-23(26-15-18-8-6-11-21(14-18)29-2)25-13-7-12-22(28)27-16-19-9-4-5-10-20(19)17-27/h4-6,8-11,14H,3,7,12-13,15-17H2,1-2H3,(H2,24,25,26). The van der Waals surface area contributed by atoms with E-state index in [1.807, 2.05) is 48.2 Å². The molecule has 0 fully saturated rings. The Morgan fingerprint density at radius 3 is 2.55 bits per heavy atom. The van der Waals surface area contributed by atoms with Crippen LogP contribution < -0.4 is 15.4 Å². The monoisotopic (exact) mass is 394 g/mol. The lowest BCUT2D eigenvalue weighted by Crippen LogP contribution is -2.38. The van der Waals surface area contributed by atoms with Crippen LogP contribution in [0.1, 0.15) is 36.5 Å². The molecule has 0 atom stereocenters. The molecule has 0 aliphatic carbocycles. The zero-order valence-corrected chi connectivity index (χ0v) is 17.3. The first-order valence-electron chi connectivity index (χ1n) is 10.2. The van der Waals surface area contributed by atoms with Gasteiger partial charge >= 0.3 is 0 Å². The first kappa shape index (κ1) is 20.7. The Balaban J connectivity index is 1.43. The summed E-state index contributed by atoms with van der Waals surface area (Å²) in [6.45, 7) is 5.56. The van der Waals surface area contributed by atoms with E-state index in [1.54, 1.807) is 7.11 Å². The minimum Gasteiger partial charge on any atom is -0.497 e. The van der Waals surface area contributed by atoms with Crippen LogP contribution in [-0.4, -0.2) is 37.0 Å². The SMILES string of the molecule is CCNC(=NCc1cccc(OC)c1)NCCCC(=O)N1Cc2ccccc2C1. The summed E-state index contributed by atoms with van der Waals surface area (Å²) in [4.78, 5) is 19.1. The van der Waals surface area contributed by atoms with Crippen molar-refractivity contribution in [3.05, 3.63) is 65.2 Å². The Morgan fingerprint density at radius 2 is 1.86 bits per heavy atom. The molecular weight excluding hydrogens is 364 g/mol. The van der Waals surface area contributed by atoms with Crippen molar-refractivity contribution >= 4 is 11.9 Å². The van der Waals surface area contributed by atoms with Gasteiger partial charge < -0.3 is 20.3 Å². The van der Waals surface area contributed by atoms with Crippen LogP contribution in [0, 0.1) is 0 Å². The fourth-order valence-electron chi connectivity index (χ4n) is 3.40. The molecule has 6 heteroatoms. The molecule has 2 aromatic rings. The lowest BCUT2D eigenvalue weighted by molar-refractivity contribution is -0.131. The molecule has 154 valence electrons. The molecule has 1 amide bonds. The molecule has 6 nitrogen and oxygen atoms in total. The van der Waals surface area contributed by atoms with Gasteiger partial charge in [0, 0.05) is 32.6 Å². The van der Waals surface area contributed by atoms with Crippen LogP contribution in [0.2, 0.25) is 0 Å². The van der Waals surface area contributed by atoms with Crippen molar-refractivity contribution in [3.8, 4) is 5.75 Å².